The summed E-state index contributed by atoms with van der Waals surface area (Å²) in [5, 5.41) is 12.0. The molecule has 9 nitrogen and oxygen atoms in total. The molecule has 0 amide bonds. The van der Waals surface area contributed by atoms with E-state index in [0.29, 0.717) is 12.0 Å². The Hall–Kier alpha value is -3.40. The number of aromatic amines is 1. The Labute approximate surface area is 195 Å². The lowest BCUT2D eigenvalue weighted by Gasteiger charge is -2.12. The second-order valence-electron chi connectivity index (χ2n) is 6.56. The lowest BCUT2D eigenvalue weighted by molar-refractivity contribution is 0.454. The molecule has 4 aromatic rings. The van der Waals surface area contributed by atoms with Gasteiger partial charge in [-0.15, -0.1) is 15.3 Å². The highest BCUT2D eigenvalue weighted by Crippen LogP contribution is 2.38. The number of nitrogens with two attached hydrogens (primary N) is 1. The Morgan fingerprint density at radius 2 is 1.69 bits per heavy atom. The average Bonchev–Trinajstić information content (AvgIpc) is 2.76. The van der Waals surface area contributed by atoms with E-state index in [-0.39, 0.29) is 38.3 Å². The highest BCUT2D eigenvalue weighted by atomic mass is 35.5. The van der Waals surface area contributed by atoms with Gasteiger partial charge in [0.05, 0.1) is 15.7 Å². The molecule has 0 saturated heterocycles. The van der Waals surface area contributed by atoms with Crippen molar-refractivity contribution in [3.63, 3.8) is 0 Å². The summed E-state index contributed by atoms with van der Waals surface area (Å²) in [6.45, 7) is 0. The van der Waals surface area contributed by atoms with Crippen LogP contribution in [0.15, 0.2) is 58.1 Å². The Morgan fingerprint density at radius 1 is 1.00 bits per heavy atom. The van der Waals surface area contributed by atoms with E-state index in [4.69, 9.17) is 45.3 Å². The molecule has 0 spiro atoms. The molecule has 3 N–H and O–H groups in total. The maximum absolute atomic E-state index is 12.1. The van der Waals surface area contributed by atoms with Gasteiger partial charge in [-0.3, -0.25) is 9.78 Å². The Kier molecular flexibility index (Phi) is 6.13. The number of halogens is 3. The Morgan fingerprint density at radius 3 is 2.38 bits per heavy atom. The molecule has 2 aromatic heterocycles. The fraction of sp³-hybridized carbons (Fsp3) is 0.0500. The molecule has 32 heavy (non-hydrogen) atoms. The van der Waals surface area contributed by atoms with Crippen LogP contribution >= 0.6 is 34.8 Å². The summed E-state index contributed by atoms with van der Waals surface area (Å²) >= 11 is 18.8. The van der Waals surface area contributed by atoms with Crippen molar-refractivity contribution in [2.45, 2.75) is 6.42 Å². The number of H-pyrrole nitrogens is 1. The average molecular weight is 492 g/mol. The van der Waals surface area contributed by atoms with Gasteiger partial charge in [0.15, 0.2) is 10.9 Å². The van der Waals surface area contributed by atoms with Crippen LogP contribution in [-0.2, 0) is 6.42 Å². The molecule has 0 aliphatic carbocycles. The number of benzene rings is 2. The first-order chi connectivity index (χ1) is 15.3. The zero-order valence-corrected chi connectivity index (χ0v) is 18.3. The number of nitrogens with zero attached hydrogens (tertiary/aromatic N) is 4. The largest absolute Gasteiger partial charge is 0.434 e. The summed E-state index contributed by atoms with van der Waals surface area (Å²) in [5.74, 6) is -0.176. The van der Waals surface area contributed by atoms with Crippen LogP contribution in [0, 0.1) is 0 Å². The van der Waals surface area contributed by atoms with Crippen molar-refractivity contribution in [2.24, 2.45) is 0 Å². The molecule has 12 heteroatoms. The smallest absolute Gasteiger partial charge is 0.349 e. The minimum Gasteiger partial charge on any atom is -0.434 e. The molecule has 0 saturated carbocycles. The molecule has 0 aliphatic heterocycles. The number of nitrogen functional groups attached to an aromatic ring is 1. The molecule has 0 fully saturated rings. The minimum atomic E-state index is -0.806. The number of ether oxygens (including phenoxy) is 1. The van der Waals surface area contributed by atoms with E-state index in [1.54, 1.807) is 6.07 Å². The molecule has 0 bridgehead atoms. The highest BCUT2D eigenvalue weighted by molar-refractivity contribution is 6.37. The zero-order valence-electron chi connectivity index (χ0n) is 16.1. The van der Waals surface area contributed by atoms with Crippen LogP contribution in [0.3, 0.4) is 0 Å². The zero-order chi connectivity index (χ0) is 22.8. The number of nitrogens with one attached hydrogen (secondary N) is 1. The van der Waals surface area contributed by atoms with E-state index in [1.807, 2.05) is 35.3 Å². The number of hydrogen-bond acceptors (Lipinski definition) is 7. The molecule has 0 aliphatic rings. The van der Waals surface area contributed by atoms with Gasteiger partial charge in [-0.25, -0.2) is 4.79 Å². The van der Waals surface area contributed by atoms with E-state index < -0.39 is 11.2 Å². The fourth-order valence-corrected chi connectivity index (χ4v) is 3.55. The van der Waals surface area contributed by atoms with Gasteiger partial charge in [0.1, 0.15) is 0 Å². The Balaban J connectivity index is 1.66. The molecule has 2 heterocycles. The van der Waals surface area contributed by atoms with Gasteiger partial charge in [0, 0.05) is 18.1 Å². The van der Waals surface area contributed by atoms with Crippen molar-refractivity contribution < 1.29 is 4.74 Å². The van der Waals surface area contributed by atoms with Crippen molar-refractivity contribution in [1.29, 1.82) is 0 Å². The van der Waals surface area contributed by atoms with Crippen LogP contribution < -0.4 is 21.7 Å². The van der Waals surface area contributed by atoms with Crippen LogP contribution in [0.4, 0.5) is 5.82 Å². The third kappa shape index (κ3) is 4.59. The number of hydrogen-bond donors (Lipinski definition) is 2. The van der Waals surface area contributed by atoms with Crippen molar-refractivity contribution in [3.8, 4) is 17.3 Å². The summed E-state index contributed by atoms with van der Waals surface area (Å²) in [7, 11) is 0. The molecule has 0 atom stereocenters. The standard InChI is InChI=1S/C20H13Cl3N6O3/c21-13-8-12(29-20(31)25-19(30)18(24)28-29)9-14(22)16(13)32-15-7-11(17(23)27-26-15)6-10-4-2-1-3-5-10/h1-5,7-9H,6H2,(H2,24,28)(H,25,30,31). The summed E-state index contributed by atoms with van der Waals surface area (Å²) < 4.78 is 6.61. The van der Waals surface area contributed by atoms with E-state index in [1.165, 1.54) is 12.1 Å². The van der Waals surface area contributed by atoms with E-state index in [2.05, 4.69) is 15.3 Å². The van der Waals surface area contributed by atoms with Gasteiger partial charge in [-0.05, 0) is 17.7 Å². The molecule has 0 unspecified atom stereocenters. The van der Waals surface area contributed by atoms with Crippen molar-refractivity contribution in [1.82, 2.24) is 25.0 Å². The number of anilines is 1. The van der Waals surface area contributed by atoms with Crippen LogP contribution in [0.2, 0.25) is 15.2 Å². The highest BCUT2D eigenvalue weighted by Gasteiger charge is 2.16. The lowest BCUT2D eigenvalue weighted by atomic mass is 10.1. The summed E-state index contributed by atoms with van der Waals surface area (Å²) in [6, 6.07) is 14.1. The van der Waals surface area contributed by atoms with Crippen molar-refractivity contribution in [2.75, 3.05) is 5.73 Å². The van der Waals surface area contributed by atoms with Crippen LogP contribution in [0.5, 0.6) is 11.6 Å². The van der Waals surface area contributed by atoms with Gasteiger partial charge in [-0.1, -0.05) is 65.1 Å². The number of aromatic nitrogens is 5. The summed E-state index contributed by atoms with van der Waals surface area (Å²) in [6.07, 6.45) is 0.522. The van der Waals surface area contributed by atoms with Crippen LogP contribution in [0.25, 0.3) is 5.69 Å². The fourth-order valence-electron chi connectivity index (χ4n) is 2.84. The molecular weight excluding hydrogens is 479 g/mol. The third-order valence-corrected chi connectivity index (χ3v) is 5.20. The van der Waals surface area contributed by atoms with Crippen LogP contribution in [-0.4, -0.2) is 25.0 Å². The number of rotatable bonds is 5. The maximum Gasteiger partial charge on any atom is 0.349 e. The molecule has 162 valence electrons. The van der Waals surface area contributed by atoms with E-state index in [0.717, 1.165) is 10.2 Å². The maximum atomic E-state index is 12.1. The van der Waals surface area contributed by atoms with Crippen molar-refractivity contribution >= 4 is 40.6 Å². The van der Waals surface area contributed by atoms with Gasteiger partial charge >= 0.3 is 5.69 Å². The molecular formula is C20H13Cl3N6O3. The predicted molar refractivity (Wildman–Crippen MR) is 121 cm³/mol. The topological polar surface area (TPSA) is 129 Å². The van der Waals surface area contributed by atoms with Crippen molar-refractivity contribution in [3.05, 3.63) is 95.7 Å². The quantitative estimate of drug-likeness (QED) is 0.436. The molecule has 0 radical (unpaired) electrons. The van der Waals surface area contributed by atoms with Gasteiger partial charge in [-0.2, -0.15) is 4.68 Å². The van der Waals surface area contributed by atoms with Crippen LogP contribution in [0.1, 0.15) is 11.1 Å². The van der Waals surface area contributed by atoms with E-state index >= 15 is 0 Å². The monoisotopic (exact) mass is 490 g/mol. The first-order valence-corrected chi connectivity index (χ1v) is 10.2. The van der Waals surface area contributed by atoms with Gasteiger partial charge in [0.2, 0.25) is 11.7 Å². The minimum absolute atomic E-state index is 0.0623. The predicted octanol–water partition coefficient (Wildman–Crippen LogP) is 3.64. The second kappa shape index (κ2) is 8.99. The first-order valence-electron chi connectivity index (χ1n) is 9.04. The lowest BCUT2D eigenvalue weighted by Crippen LogP contribution is -2.33. The summed E-state index contributed by atoms with van der Waals surface area (Å²) in [4.78, 5) is 25.5. The van der Waals surface area contributed by atoms with E-state index in [9.17, 15) is 9.59 Å². The normalized spacial score (nSPS) is 10.8. The Bertz CT molecular complexity index is 1400. The second-order valence-corrected chi connectivity index (χ2v) is 7.73. The van der Waals surface area contributed by atoms with Gasteiger partial charge in [0.25, 0.3) is 5.56 Å². The SMILES string of the molecule is Nc1nn(-c2cc(Cl)c(Oc3cc(Cc4ccccc4)c(Cl)nn3)c(Cl)c2)c(=O)[nH]c1=O. The molecule has 4 rings (SSSR count). The van der Waals surface area contributed by atoms with Gasteiger partial charge < -0.3 is 10.5 Å². The third-order valence-electron chi connectivity index (χ3n) is 4.32. The molecule has 2 aromatic carbocycles. The summed E-state index contributed by atoms with van der Waals surface area (Å²) in [5.41, 5.74) is 5.79. The first kappa shape index (κ1) is 21.8.